The molecule has 0 radical (unpaired) electrons. The third kappa shape index (κ3) is 3.08. The van der Waals surface area contributed by atoms with Gasteiger partial charge in [0.15, 0.2) is 0 Å². The van der Waals surface area contributed by atoms with E-state index in [1.165, 1.54) is 22.3 Å². The van der Waals surface area contributed by atoms with E-state index < -0.39 is 0 Å². The standard InChI is InChI=1S/C18H22N2O/c1-12-9-13(2)18(20-11-12)16(19)5-3-14-4-6-17-15(10-14)7-8-21-17/h4,6,9-11,16H,3,5,7-8,19H2,1-2H3. The number of aromatic nitrogens is 1. The van der Waals surface area contributed by atoms with Crippen LogP contribution < -0.4 is 10.5 Å². The van der Waals surface area contributed by atoms with Gasteiger partial charge >= 0.3 is 0 Å². The maximum absolute atomic E-state index is 6.32. The van der Waals surface area contributed by atoms with Gasteiger partial charge in [-0.25, -0.2) is 0 Å². The normalized spacial score (nSPS) is 14.6. The van der Waals surface area contributed by atoms with Crippen LogP contribution in [0.4, 0.5) is 0 Å². The Labute approximate surface area is 126 Å². The van der Waals surface area contributed by atoms with Crippen molar-refractivity contribution >= 4 is 0 Å². The molecule has 2 heterocycles. The second kappa shape index (κ2) is 5.86. The fraction of sp³-hybridized carbons (Fsp3) is 0.389. The molecule has 0 saturated heterocycles. The molecule has 2 N–H and O–H groups in total. The van der Waals surface area contributed by atoms with Crippen molar-refractivity contribution in [3.63, 3.8) is 0 Å². The maximum atomic E-state index is 6.32. The van der Waals surface area contributed by atoms with Crippen LogP contribution in [0.2, 0.25) is 0 Å². The van der Waals surface area contributed by atoms with Crippen molar-refractivity contribution in [1.29, 1.82) is 0 Å². The smallest absolute Gasteiger partial charge is 0.122 e. The lowest BCUT2D eigenvalue weighted by Crippen LogP contribution is -2.14. The van der Waals surface area contributed by atoms with Crippen LogP contribution in [0.3, 0.4) is 0 Å². The van der Waals surface area contributed by atoms with E-state index in [2.05, 4.69) is 43.1 Å². The van der Waals surface area contributed by atoms with Crippen molar-refractivity contribution in [3.05, 3.63) is 58.4 Å². The highest BCUT2D eigenvalue weighted by Crippen LogP contribution is 2.27. The predicted octanol–water partition coefficient (Wildman–Crippen LogP) is 3.27. The van der Waals surface area contributed by atoms with Gasteiger partial charge in [0.25, 0.3) is 0 Å². The molecular weight excluding hydrogens is 260 g/mol. The Hall–Kier alpha value is -1.87. The zero-order valence-corrected chi connectivity index (χ0v) is 12.7. The Morgan fingerprint density at radius 3 is 2.95 bits per heavy atom. The number of hydrogen-bond donors (Lipinski definition) is 1. The van der Waals surface area contributed by atoms with Crippen molar-refractivity contribution in [2.75, 3.05) is 6.61 Å². The number of hydrogen-bond acceptors (Lipinski definition) is 3. The lowest BCUT2D eigenvalue weighted by Gasteiger charge is -2.14. The molecule has 1 aromatic carbocycles. The van der Waals surface area contributed by atoms with E-state index in [-0.39, 0.29) is 6.04 Å². The van der Waals surface area contributed by atoms with E-state index >= 15 is 0 Å². The molecule has 1 aliphatic heterocycles. The first-order chi connectivity index (χ1) is 10.1. The van der Waals surface area contributed by atoms with E-state index in [4.69, 9.17) is 10.5 Å². The molecule has 1 aromatic heterocycles. The first kappa shape index (κ1) is 14.1. The molecular formula is C18H22N2O. The highest BCUT2D eigenvalue weighted by Gasteiger charge is 2.14. The number of benzene rings is 1. The molecule has 1 atom stereocenters. The fourth-order valence-electron chi connectivity index (χ4n) is 2.97. The summed E-state index contributed by atoms with van der Waals surface area (Å²) in [4.78, 5) is 4.50. The summed E-state index contributed by atoms with van der Waals surface area (Å²) in [6.07, 6.45) is 4.81. The molecule has 3 heteroatoms. The molecule has 1 unspecified atom stereocenters. The zero-order valence-electron chi connectivity index (χ0n) is 12.7. The molecule has 3 rings (SSSR count). The molecule has 21 heavy (non-hydrogen) atoms. The quantitative estimate of drug-likeness (QED) is 0.936. The second-order valence-electron chi connectivity index (χ2n) is 5.90. The van der Waals surface area contributed by atoms with Crippen LogP contribution in [0.25, 0.3) is 0 Å². The van der Waals surface area contributed by atoms with E-state index in [1.54, 1.807) is 0 Å². The third-order valence-corrected chi connectivity index (χ3v) is 4.10. The summed E-state index contributed by atoms with van der Waals surface area (Å²) in [6.45, 7) is 4.95. The molecule has 0 amide bonds. The Balaban J connectivity index is 1.67. The van der Waals surface area contributed by atoms with Gasteiger partial charge in [-0.3, -0.25) is 4.98 Å². The summed E-state index contributed by atoms with van der Waals surface area (Å²) in [5.74, 6) is 1.04. The van der Waals surface area contributed by atoms with Crippen LogP contribution in [-0.2, 0) is 12.8 Å². The summed E-state index contributed by atoms with van der Waals surface area (Å²) in [6, 6.07) is 8.62. The fourth-order valence-corrected chi connectivity index (χ4v) is 2.97. The number of rotatable bonds is 4. The van der Waals surface area contributed by atoms with Crippen molar-refractivity contribution in [2.24, 2.45) is 5.73 Å². The number of ether oxygens (including phenoxy) is 1. The summed E-state index contributed by atoms with van der Waals surface area (Å²) in [5.41, 5.74) is 12.4. The average molecular weight is 282 g/mol. The number of fused-ring (bicyclic) bond motifs is 1. The van der Waals surface area contributed by atoms with Gasteiger partial charge in [-0.15, -0.1) is 0 Å². The monoisotopic (exact) mass is 282 g/mol. The van der Waals surface area contributed by atoms with Crippen molar-refractivity contribution in [3.8, 4) is 5.75 Å². The van der Waals surface area contributed by atoms with Crippen LogP contribution in [-0.4, -0.2) is 11.6 Å². The lowest BCUT2D eigenvalue weighted by molar-refractivity contribution is 0.357. The van der Waals surface area contributed by atoms with Crippen molar-refractivity contribution < 1.29 is 4.74 Å². The minimum Gasteiger partial charge on any atom is -0.493 e. The second-order valence-corrected chi connectivity index (χ2v) is 5.90. The number of nitrogens with two attached hydrogens (primary N) is 1. The molecule has 0 fully saturated rings. The van der Waals surface area contributed by atoms with Crippen LogP contribution in [0.5, 0.6) is 5.75 Å². The topological polar surface area (TPSA) is 48.1 Å². The molecule has 3 nitrogen and oxygen atoms in total. The Bertz CT molecular complexity index is 652. The SMILES string of the molecule is Cc1cnc(C(N)CCc2ccc3c(c2)CCO3)c(C)c1. The summed E-state index contributed by atoms with van der Waals surface area (Å²) >= 11 is 0. The van der Waals surface area contributed by atoms with Crippen LogP contribution in [0, 0.1) is 13.8 Å². The number of aryl methyl sites for hydroxylation is 3. The van der Waals surface area contributed by atoms with Crippen molar-refractivity contribution in [2.45, 2.75) is 39.2 Å². The molecule has 0 aliphatic carbocycles. The highest BCUT2D eigenvalue weighted by atomic mass is 16.5. The average Bonchev–Trinajstić information content (AvgIpc) is 2.92. The zero-order chi connectivity index (χ0) is 14.8. The highest BCUT2D eigenvalue weighted by molar-refractivity contribution is 5.40. The molecule has 110 valence electrons. The minimum atomic E-state index is -0.00453. The Kier molecular flexibility index (Phi) is 3.93. The van der Waals surface area contributed by atoms with Gasteiger partial charge in [-0.1, -0.05) is 18.2 Å². The molecule has 0 spiro atoms. The van der Waals surface area contributed by atoms with E-state index in [0.29, 0.717) is 0 Å². The van der Waals surface area contributed by atoms with Gasteiger partial charge in [0.05, 0.1) is 12.3 Å². The molecule has 1 aliphatic rings. The van der Waals surface area contributed by atoms with Gasteiger partial charge in [0.1, 0.15) is 5.75 Å². The summed E-state index contributed by atoms with van der Waals surface area (Å²) < 4.78 is 5.54. The predicted molar refractivity (Wildman–Crippen MR) is 84.6 cm³/mol. The molecule has 0 bridgehead atoms. The number of nitrogens with zero attached hydrogens (tertiary/aromatic N) is 1. The first-order valence-corrected chi connectivity index (χ1v) is 7.57. The van der Waals surface area contributed by atoms with Crippen LogP contribution in [0.15, 0.2) is 30.5 Å². The van der Waals surface area contributed by atoms with Gasteiger partial charge in [-0.05, 0) is 55.0 Å². The van der Waals surface area contributed by atoms with Crippen LogP contribution in [0.1, 0.15) is 40.4 Å². The Morgan fingerprint density at radius 2 is 2.14 bits per heavy atom. The lowest BCUT2D eigenvalue weighted by atomic mass is 9.98. The Morgan fingerprint density at radius 1 is 1.29 bits per heavy atom. The van der Waals surface area contributed by atoms with Crippen LogP contribution >= 0.6 is 0 Å². The molecule has 0 saturated carbocycles. The minimum absolute atomic E-state index is 0.00453. The first-order valence-electron chi connectivity index (χ1n) is 7.57. The summed E-state index contributed by atoms with van der Waals surface area (Å²) in [7, 11) is 0. The van der Waals surface area contributed by atoms with Gasteiger partial charge in [0, 0.05) is 18.7 Å². The number of pyridine rings is 1. The van der Waals surface area contributed by atoms with E-state index in [1.807, 2.05) is 6.20 Å². The largest absolute Gasteiger partial charge is 0.493 e. The van der Waals surface area contributed by atoms with Crippen molar-refractivity contribution in [1.82, 2.24) is 4.98 Å². The van der Waals surface area contributed by atoms with E-state index in [9.17, 15) is 0 Å². The third-order valence-electron chi connectivity index (χ3n) is 4.10. The molecule has 2 aromatic rings. The summed E-state index contributed by atoms with van der Waals surface area (Å²) in [5, 5.41) is 0. The van der Waals surface area contributed by atoms with Gasteiger partial charge < -0.3 is 10.5 Å². The van der Waals surface area contributed by atoms with Gasteiger partial charge in [-0.2, -0.15) is 0 Å². The van der Waals surface area contributed by atoms with Gasteiger partial charge in [0.2, 0.25) is 0 Å². The van der Waals surface area contributed by atoms with E-state index in [0.717, 1.165) is 37.3 Å². The maximum Gasteiger partial charge on any atom is 0.122 e.